The van der Waals surface area contributed by atoms with E-state index in [0.29, 0.717) is 18.8 Å². The number of nitrogens with one attached hydrogen (secondary N) is 1. The Morgan fingerprint density at radius 2 is 1.92 bits per heavy atom. The van der Waals surface area contributed by atoms with Gasteiger partial charge in [-0.05, 0) is 23.4 Å². The van der Waals surface area contributed by atoms with Gasteiger partial charge in [0.05, 0.1) is 6.54 Å². The normalized spacial score (nSPS) is 10.8. The minimum atomic E-state index is -0.498. The van der Waals surface area contributed by atoms with Crippen molar-refractivity contribution in [1.29, 1.82) is 0 Å². The fourth-order valence-electron chi connectivity index (χ4n) is 2.71. The number of rotatable bonds is 6. The highest BCUT2D eigenvalue weighted by Gasteiger charge is 2.16. The molecule has 0 aliphatic heterocycles. The van der Waals surface area contributed by atoms with Gasteiger partial charge in [0, 0.05) is 18.5 Å². The van der Waals surface area contributed by atoms with Crippen LogP contribution in [-0.4, -0.2) is 23.1 Å². The molecule has 0 spiro atoms. The lowest BCUT2D eigenvalue weighted by atomic mass is 10.2. The molecule has 3 rings (SSSR count). The van der Waals surface area contributed by atoms with Gasteiger partial charge in [-0.3, -0.25) is 14.3 Å². The topological polar surface area (TPSA) is 84.1 Å². The molecule has 7 heteroatoms. The lowest BCUT2D eigenvalue weighted by Crippen LogP contribution is -2.37. The Morgan fingerprint density at radius 1 is 1.16 bits per heavy atom. The van der Waals surface area contributed by atoms with Gasteiger partial charge in [0.2, 0.25) is 0 Å². The van der Waals surface area contributed by atoms with Crippen molar-refractivity contribution in [2.24, 2.45) is 0 Å². The van der Waals surface area contributed by atoms with Crippen molar-refractivity contribution in [3.8, 4) is 0 Å². The average molecular weight is 356 g/mol. The molecule has 0 atom stereocenters. The number of aromatic amines is 1. The molecule has 0 radical (unpaired) electrons. The van der Waals surface area contributed by atoms with E-state index in [1.54, 1.807) is 16.2 Å². The lowest BCUT2D eigenvalue weighted by Gasteiger charge is -2.21. The van der Waals surface area contributed by atoms with Gasteiger partial charge in [-0.25, -0.2) is 4.79 Å². The maximum absolute atomic E-state index is 12.3. The highest BCUT2D eigenvalue weighted by Crippen LogP contribution is 2.17. The van der Waals surface area contributed by atoms with E-state index < -0.39 is 11.2 Å². The molecule has 0 saturated carbocycles. The summed E-state index contributed by atoms with van der Waals surface area (Å²) in [6.45, 7) is 0.950. The summed E-state index contributed by atoms with van der Waals surface area (Å²) >= 11 is 1.68. The van der Waals surface area contributed by atoms with Gasteiger partial charge in [0.25, 0.3) is 5.56 Å². The second-order valence-electron chi connectivity index (χ2n) is 5.82. The summed E-state index contributed by atoms with van der Waals surface area (Å²) in [5.41, 5.74) is 6.50. The second kappa shape index (κ2) is 7.40. The maximum atomic E-state index is 12.3. The largest absolute Gasteiger partial charge is 0.383 e. The van der Waals surface area contributed by atoms with Gasteiger partial charge in [0.1, 0.15) is 11.5 Å². The van der Waals surface area contributed by atoms with Crippen LogP contribution in [0.25, 0.3) is 0 Å². The van der Waals surface area contributed by atoms with Crippen LogP contribution in [0, 0.1) is 0 Å². The van der Waals surface area contributed by atoms with E-state index in [2.05, 4.69) is 11.1 Å². The zero-order valence-corrected chi connectivity index (χ0v) is 14.8. The Kier molecular flexibility index (Phi) is 5.04. The van der Waals surface area contributed by atoms with Crippen LogP contribution in [0.15, 0.2) is 57.4 Å². The number of nitrogens with two attached hydrogens (primary N) is 1. The van der Waals surface area contributed by atoms with Crippen molar-refractivity contribution < 1.29 is 0 Å². The third-order valence-electron chi connectivity index (χ3n) is 4.05. The first-order chi connectivity index (χ1) is 12.1. The van der Waals surface area contributed by atoms with Gasteiger partial charge >= 0.3 is 5.69 Å². The zero-order chi connectivity index (χ0) is 17.8. The smallest absolute Gasteiger partial charge is 0.330 e. The molecule has 0 amide bonds. The Morgan fingerprint density at radius 3 is 2.60 bits per heavy atom. The summed E-state index contributed by atoms with van der Waals surface area (Å²) in [5, 5.41) is 2.02. The molecule has 0 fully saturated rings. The first-order valence-corrected chi connectivity index (χ1v) is 8.84. The highest BCUT2D eigenvalue weighted by atomic mass is 32.1. The molecule has 0 unspecified atom stereocenters. The van der Waals surface area contributed by atoms with Crippen molar-refractivity contribution in [2.45, 2.75) is 13.0 Å². The average Bonchev–Trinajstić information content (AvgIpc) is 3.11. The van der Waals surface area contributed by atoms with Gasteiger partial charge in [-0.15, -0.1) is 11.3 Å². The van der Waals surface area contributed by atoms with E-state index in [9.17, 15) is 9.59 Å². The van der Waals surface area contributed by atoms with E-state index in [4.69, 9.17) is 5.73 Å². The summed E-state index contributed by atoms with van der Waals surface area (Å²) in [6, 6.07) is 13.6. The molecule has 0 aliphatic carbocycles. The molecular weight excluding hydrogens is 336 g/mol. The summed E-state index contributed by atoms with van der Waals surface area (Å²) in [4.78, 5) is 29.9. The maximum Gasteiger partial charge on any atom is 0.330 e. The van der Waals surface area contributed by atoms with Gasteiger partial charge < -0.3 is 10.6 Å². The van der Waals surface area contributed by atoms with Crippen molar-refractivity contribution in [1.82, 2.24) is 9.55 Å². The molecule has 0 aliphatic rings. The zero-order valence-electron chi connectivity index (χ0n) is 13.9. The Hall–Kier alpha value is -2.80. The van der Waals surface area contributed by atoms with E-state index >= 15 is 0 Å². The van der Waals surface area contributed by atoms with Crippen molar-refractivity contribution >= 4 is 22.8 Å². The van der Waals surface area contributed by atoms with Gasteiger partial charge in [-0.2, -0.15) is 0 Å². The van der Waals surface area contributed by atoms with Crippen molar-refractivity contribution in [3.63, 3.8) is 0 Å². The minimum Gasteiger partial charge on any atom is -0.383 e. The number of thiophene rings is 1. The fraction of sp³-hybridized carbons (Fsp3) is 0.222. The van der Waals surface area contributed by atoms with Crippen LogP contribution in [-0.2, 0) is 13.0 Å². The third-order valence-corrected chi connectivity index (χ3v) is 4.99. The van der Waals surface area contributed by atoms with Crippen molar-refractivity contribution in [2.75, 3.05) is 24.2 Å². The Bertz CT molecular complexity index is 945. The Labute approximate surface area is 149 Å². The molecule has 3 aromatic rings. The monoisotopic (exact) mass is 356 g/mol. The molecule has 6 nitrogen and oxygen atoms in total. The molecule has 25 heavy (non-hydrogen) atoms. The number of hydrogen-bond acceptors (Lipinski definition) is 5. The number of aromatic nitrogens is 2. The molecule has 0 saturated heterocycles. The van der Waals surface area contributed by atoms with Crippen LogP contribution in [0.5, 0.6) is 0 Å². The number of benzene rings is 1. The van der Waals surface area contributed by atoms with E-state index in [1.807, 2.05) is 48.8 Å². The van der Waals surface area contributed by atoms with Crippen LogP contribution in [0.3, 0.4) is 0 Å². The number of nitrogen functional groups attached to an aromatic ring is 1. The van der Waals surface area contributed by atoms with Crippen LogP contribution < -0.4 is 21.9 Å². The Balaban J connectivity index is 1.89. The molecule has 1 aromatic carbocycles. The fourth-order valence-corrected chi connectivity index (χ4v) is 3.41. The third kappa shape index (κ3) is 3.83. The number of hydrogen-bond donors (Lipinski definition) is 2. The molecule has 2 heterocycles. The van der Waals surface area contributed by atoms with E-state index in [-0.39, 0.29) is 5.82 Å². The highest BCUT2D eigenvalue weighted by molar-refractivity contribution is 7.09. The number of H-pyrrole nitrogens is 1. The summed E-state index contributed by atoms with van der Waals surface area (Å²) < 4.78 is 1.40. The predicted octanol–water partition coefficient (Wildman–Crippen LogP) is 1.91. The summed E-state index contributed by atoms with van der Waals surface area (Å²) in [5.74, 6) is 0.186. The van der Waals surface area contributed by atoms with Crippen LogP contribution in [0.2, 0.25) is 0 Å². The SMILES string of the molecule is CN(CCc1cccs1)c1c(N)n(Cc2ccccc2)c(=O)[nH]c1=O. The lowest BCUT2D eigenvalue weighted by molar-refractivity contribution is 0.725. The minimum absolute atomic E-state index is 0.186. The molecule has 3 N–H and O–H groups in total. The molecular formula is C18H20N4O2S. The quantitative estimate of drug-likeness (QED) is 0.707. The molecule has 0 bridgehead atoms. The summed E-state index contributed by atoms with van der Waals surface area (Å²) in [6.07, 6.45) is 0.810. The van der Waals surface area contributed by atoms with E-state index in [0.717, 1.165) is 12.0 Å². The number of nitrogens with zero attached hydrogens (tertiary/aromatic N) is 2. The number of anilines is 2. The first kappa shape index (κ1) is 17.0. The molecule has 130 valence electrons. The predicted molar refractivity (Wildman–Crippen MR) is 103 cm³/mol. The van der Waals surface area contributed by atoms with Crippen molar-refractivity contribution in [3.05, 3.63) is 79.1 Å². The van der Waals surface area contributed by atoms with Gasteiger partial charge in [0.15, 0.2) is 0 Å². The summed E-state index contributed by atoms with van der Waals surface area (Å²) in [7, 11) is 1.81. The standard InChI is InChI=1S/C18H20N4O2S/c1-21(10-9-14-8-5-11-25-14)15-16(19)22(18(24)20-17(15)23)12-13-6-3-2-4-7-13/h2-8,11H,9-10,12,19H2,1H3,(H,20,23,24). The van der Waals surface area contributed by atoms with E-state index in [1.165, 1.54) is 9.44 Å². The first-order valence-electron chi connectivity index (χ1n) is 7.96. The second-order valence-corrected chi connectivity index (χ2v) is 6.85. The van der Waals surface area contributed by atoms with Crippen LogP contribution >= 0.6 is 11.3 Å². The number of likely N-dealkylation sites (N-methyl/N-ethyl adjacent to an activating group) is 1. The van der Waals surface area contributed by atoms with Crippen LogP contribution in [0.4, 0.5) is 11.5 Å². The van der Waals surface area contributed by atoms with Gasteiger partial charge in [-0.1, -0.05) is 36.4 Å². The van der Waals surface area contributed by atoms with Crippen LogP contribution in [0.1, 0.15) is 10.4 Å². The molecule has 2 aromatic heterocycles.